The van der Waals surface area contributed by atoms with Gasteiger partial charge in [-0.2, -0.15) is 5.26 Å². The molecule has 0 saturated heterocycles. The van der Waals surface area contributed by atoms with Crippen molar-refractivity contribution in [2.45, 2.75) is 6.92 Å². The number of ether oxygens (including phenoxy) is 1. The summed E-state index contributed by atoms with van der Waals surface area (Å²) in [7, 11) is 1.44. The predicted octanol–water partition coefficient (Wildman–Crippen LogP) is 2.53. The van der Waals surface area contributed by atoms with Crippen molar-refractivity contribution in [3.63, 3.8) is 0 Å². The molecule has 72 valence electrons. The van der Waals surface area contributed by atoms with Gasteiger partial charge in [-0.05, 0) is 19.1 Å². The summed E-state index contributed by atoms with van der Waals surface area (Å²) >= 11 is 3.23. The summed E-state index contributed by atoms with van der Waals surface area (Å²) in [4.78, 5) is 11.2. The number of nitrogens with zero attached hydrogens (tertiary/aromatic N) is 1. The number of hydrogen-bond donors (Lipinski definition) is 0. The van der Waals surface area contributed by atoms with Gasteiger partial charge < -0.3 is 4.74 Å². The van der Waals surface area contributed by atoms with Crippen molar-refractivity contribution in [1.29, 1.82) is 5.26 Å². The third-order valence-corrected chi connectivity index (χ3v) is 2.22. The van der Waals surface area contributed by atoms with Gasteiger partial charge >= 0.3 is 0 Å². The van der Waals surface area contributed by atoms with E-state index in [1.807, 2.05) is 6.07 Å². The molecule has 0 radical (unpaired) electrons. The average Bonchev–Trinajstić information content (AvgIpc) is 2.16. The van der Waals surface area contributed by atoms with Crippen LogP contribution in [0.5, 0.6) is 5.75 Å². The zero-order valence-corrected chi connectivity index (χ0v) is 9.38. The minimum absolute atomic E-state index is 0.125. The molecule has 14 heavy (non-hydrogen) atoms. The van der Waals surface area contributed by atoms with Crippen molar-refractivity contribution in [2.75, 3.05) is 7.11 Å². The number of methoxy groups -OCH3 is 1. The van der Waals surface area contributed by atoms with Crippen LogP contribution in [0.2, 0.25) is 0 Å². The monoisotopic (exact) mass is 253 g/mol. The van der Waals surface area contributed by atoms with Gasteiger partial charge in [-0.3, -0.25) is 4.79 Å². The quantitative estimate of drug-likeness (QED) is 0.762. The second-order valence-corrected chi connectivity index (χ2v) is 3.62. The molecule has 0 bridgehead atoms. The lowest BCUT2D eigenvalue weighted by atomic mass is 10.1. The van der Waals surface area contributed by atoms with E-state index in [9.17, 15) is 4.79 Å². The van der Waals surface area contributed by atoms with Crippen LogP contribution in [0.1, 0.15) is 22.8 Å². The van der Waals surface area contributed by atoms with E-state index in [1.165, 1.54) is 14.0 Å². The predicted molar refractivity (Wildman–Crippen MR) is 55.4 cm³/mol. The number of halogens is 1. The average molecular weight is 254 g/mol. The molecule has 1 aromatic carbocycles. The van der Waals surface area contributed by atoms with Gasteiger partial charge in [0.25, 0.3) is 0 Å². The maximum atomic E-state index is 11.2. The molecule has 3 nitrogen and oxygen atoms in total. The Morgan fingerprint density at radius 3 is 2.64 bits per heavy atom. The van der Waals surface area contributed by atoms with E-state index < -0.39 is 0 Å². The first-order chi connectivity index (χ1) is 6.60. The van der Waals surface area contributed by atoms with Gasteiger partial charge in [0.2, 0.25) is 0 Å². The fraction of sp³-hybridized carbons (Fsp3) is 0.200. The minimum atomic E-state index is -0.125. The molecule has 0 aliphatic heterocycles. The summed E-state index contributed by atoms with van der Waals surface area (Å²) in [5.74, 6) is 0.211. The van der Waals surface area contributed by atoms with Gasteiger partial charge in [0.15, 0.2) is 5.78 Å². The number of rotatable bonds is 2. The molecule has 0 aliphatic rings. The summed E-state index contributed by atoms with van der Waals surface area (Å²) in [6.45, 7) is 1.44. The highest BCUT2D eigenvalue weighted by Crippen LogP contribution is 2.28. The smallest absolute Gasteiger partial charge is 0.163 e. The summed E-state index contributed by atoms with van der Waals surface area (Å²) in [6, 6.07) is 5.23. The van der Waals surface area contributed by atoms with E-state index in [4.69, 9.17) is 10.00 Å². The van der Waals surface area contributed by atoms with Crippen LogP contribution in [-0.4, -0.2) is 12.9 Å². The standard InChI is InChI=1S/C10H8BrNO2/c1-6(13)9-4-8(11)3-7(5-12)10(9)14-2/h3-4H,1-2H3. The fourth-order valence-electron chi connectivity index (χ4n) is 1.16. The molecule has 0 atom stereocenters. The van der Waals surface area contributed by atoms with Gasteiger partial charge in [-0.25, -0.2) is 0 Å². The van der Waals surface area contributed by atoms with E-state index >= 15 is 0 Å². The van der Waals surface area contributed by atoms with Gasteiger partial charge in [0.1, 0.15) is 11.8 Å². The number of hydrogen-bond acceptors (Lipinski definition) is 3. The molecule has 0 saturated carbocycles. The van der Waals surface area contributed by atoms with Gasteiger partial charge in [-0.15, -0.1) is 0 Å². The van der Waals surface area contributed by atoms with Crippen LogP contribution in [0.4, 0.5) is 0 Å². The highest BCUT2D eigenvalue weighted by atomic mass is 79.9. The van der Waals surface area contributed by atoms with Crippen LogP contribution in [0.25, 0.3) is 0 Å². The highest BCUT2D eigenvalue weighted by Gasteiger charge is 2.13. The number of Topliss-reactive ketones (excluding diaryl/α,β-unsaturated/α-hetero) is 1. The minimum Gasteiger partial charge on any atom is -0.495 e. The summed E-state index contributed by atoms with van der Waals surface area (Å²) in [5.41, 5.74) is 0.769. The van der Waals surface area contributed by atoms with E-state index in [0.29, 0.717) is 21.3 Å². The number of ketones is 1. The van der Waals surface area contributed by atoms with Crippen molar-refractivity contribution in [3.8, 4) is 11.8 Å². The van der Waals surface area contributed by atoms with Gasteiger partial charge in [-0.1, -0.05) is 15.9 Å². The Kier molecular flexibility index (Phi) is 3.26. The van der Waals surface area contributed by atoms with Crippen LogP contribution in [0.3, 0.4) is 0 Å². The molecule has 4 heteroatoms. The lowest BCUT2D eigenvalue weighted by Gasteiger charge is -2.07. The second kappa shape index (κ2) is 4.25. The van der Waals surface area contributed by atoms with E-state index in [2.05, 4.69) is 15.9 Å². The maximum Gasteiger partial charge on any atom is 0.163 e. The Morgan fingerprint density at radius 2 is 2.21 bits per heavy atom. The van der Waals surface area contributed by atoms with Crippen molar-refractivity contribution in [1.82, 2.24) is 0 Å². The molecule has 0 aliphatic carbocycles. The van der Waals surface area contributed by atoms with Crippen molar-refractivity contribution in [2.24, 2.45) is 0 Å². The number of nitriles is 1. The number of carbonyl (C=O) groups excluding carboxylic acids is 1. The first-order valence-corrected chi connectivity index (χ1v) is 4.68. The van der Waals surface area contributed by atoms with Gasteiger partial charge in [0.05, 0.1) is 18.2 Å². The molecule has 0 fully saturated rings. The molecule has 0 N–H and O–H groups in total. The molecule has 1 rings (SSSR count). The topological polar surface area (TPSA) is 50.1 Å². The molecule has 0 aromatic heterocycles. The zero-order valence-electron chi connectivity index (χ0n) is 7.80. The van der Waals surface area contributed by atoms with Crippen molar-refractivity contribution < 1.29 is 9.53 Å². The molecule has 0 heterocycles. The fourth-order valence-corrected chi connectivity index (χ4v) is 1.62. The molecule has 0 amide bonds. The zero-order chi connectivity index (χ0) is 10.7. The Hall–Kier alpha value is -1.34. The van der Waals surface area contributed by atoms with Crippen LogP contribution >= 0.6 is 15.9 Å². The summed E-state index contributed by atoms with van der Waals surface area (Å²) < 4.78 is 5.71. The Balaban J connectivity index is 3.49. The van der Waals surface area contributed by atoms with Crippen molar-refractivity contribution >= 4 is 21.7 Å². The van der Waals surface area contributed by atoms with Gasteiger partial charge in [0, 0.05) is 4.47 Å². The van der Waals surface area contributed by atoms with Crippen LogP contribution < -0.4 is 4.74 Å². The molecular weight excluding hydrogens is 246 g/mol. The Bertz CT molecular complexity index is 421. The third kappa shape index (κ3) is 1.94. The highest BCUT2D eigenvalue weighted by molar-refractivity contribution is 9.10. The maximum absolute atomic E-state index is 11.2. The van der Waals surface area contributed by atoms with Crippen LogP contribution in [0, 0.1) is 11.3 Å². The van der Waals surface area contributed by atoms with Crippen molar-refractivity contribution in [3.05, 3.63) is 27.7 Å². The van der Waals surface area contributed by atoms with E-state index in [1.54, 1.807) is 12.1 Å². The van der Waals surface area contributed by atoms with Crippen LogP contribution in [0.15, 0.2) is 16.6 Å². The molecule has 0 unspecified atom stereocenters. The molecular formula is C10H8BrNO2. The summed E-state index contributed by atoms with van der Waals surface area (Å²) in [5, 5.41) is 8.82. The largest absolute Gasteiger partial charge is 0.495 e. The van der Waals surface area contributed by atoms with E-state index in [-0.39, 0.29) is 5.78 Å². The first kappa shape index (κ1) is 10.7. The molecule has 1 aromatic rings. The normalized spacial score (nSPS) is 9.29. The second-order valence-electron chi connectivity index (χ2n) is 2.70. The van der Waals surface area contributed by atoms with E-state index in [0.717, 1.165) is 0 Å². The van der Waals surface area contributed by atoms with Crippen LogP contribution in [-0.2, 0) is 0 Å². The lowest BCUT2D eigenvalue weighted by Crippen LogP contribution is -2.00. The SMILES string of the molecule is COc1c(C#N)cc(Br)cc1C(C)=O. The Morgan fingerprint density at radius 1 is 1.57 bits per heavy atom. The summed E-state index contributed by atoms with van der Waals surface area (Å²) in [6.07, 6.45) is 0. The number of benzene rings is 1. The first-order valence-electron chi connectivity index (χ1n) is 3.88. The third-order valence-electron chi connectivity index (χ3n) is 1.76. The Labute approximate surface area is 90.4 Å². The lowest BCUT2D eigenvalue weighted by molar-refractivity contribution is 0.101. The number of carbonyl (C=O) groups is 1. The molecule has 0 spiro atoms.